The van der Waals surface area contributed by atoms with E-state index in [0.717, 1.165) is 23.8 Å². The molecular weight excluding hydrogens is 316 g/mol. The minimum absolute atomic E-state index is 0.281. The normalized spacial score (nSPS) is 20.6. The highest BCUT2D eigenvalue weighted by molar-refractivity contribution is 5.81. The molecule has 2 atom stereocenters. The highest BCUT2D eigenvalue weighted by Crippen LogP contribution is 2.22. The van der Waals surface area contributed by atoms with Gasteiger partial charge in [0.1, 0.15) is 13.1 Å². The number of aromatic amines is 1. The van der Waals surface area contributed by atoms with Gasteiger partial charge in [0, 0.05) is 23.8 Å². The van der Waals surface area contributed by atoms with E-state index in [1.807, 2.05) is 0 Å². The van der Waals surface area contributed by atoms with Crippen molar-refractivity contribution >= 4 is 11.9 Å². The fourth-order valence-electron chi connectivity index (χ4n) is 3.04. The van der Waals surface area contributed by atoms with Gasteiger partial charge in [-0.2, -0.15) is 0 Å². The summed E-state index contributed by atoms with van der Waals surface area (Å²) in [7, 11) is 0. The van der Waals surface area contributed by atoms with Crippen LogP contribution in [0.15, 0.2) is 15.8 Å². The van der Waals surface area contributed by atoms with Crippen molar-refractivity contribution < 1.29 is 14.7 Å². The van der Waals surface area contributed by atoms with Gasteiger partial charge in [0.2, 0.25) is 5.91 Å². The molecule has 0 aliphatic heterocycles. The van der Waals surface area contributed by atoms with Crippen molar-refractivity contribution in [1.82, 2.24) is 14.5 Å². The lowest BCUT2D eigenvalue weighted by molar-refractivity contribution is -0.147. The number of aryl methyl sites for hydroxylation is 1. The largest absolute Gasteiger partial charge is 0.480 e. The minimum atomic E-state index is -1.13. The summed E-state index contributed by atoms with van der Waals surface area (Å²) in [6.07, 6.45) is 4.48. The molecule has 1 aromatic rings. The third kappa shape index (κ3) is 4.10. The Morgan fingerprint density at radius 3 is 2.67 bits per heavy atom. The van der Waals surface area contributed by atoms with Crippen LogP contribution in [-0.2, 0) is 16.1 Å². The van der Waals surface area contributed by atoms with Crippen LogP contribution >= 0.6 is 0 Å². The van der Waals surface area contributed by atoms with Gasteiger partial charge < -0.3 is 15.7 Å². The predicted octanol–water partition coefficient (Wildman–Crippen LogP) is -0.972. The Morgan fingerprint density at radius 1 is 1.38 bits per heavy atom. The third-order valence-electron chi connectivity index (χ3n) is 4.30. The van der Waals surface area contributed by atoms with E-state index in [-0.39, 0.29) is 18.6 Å². The first kappa shape index (κ1) is 17.9. The zero-order valence-electron chi connectivity index (χ0n) is 13.5. The van der Waals surface area contributed by atoms with Gasteiger partial charge in [-0.05, 0) is 19.8 Å². The Balaban J connectivity index is 2.24. The summed E-state index contributed by atoms with van der Waals surface area (Å²) in [4.78, 5) is 50.3. The Morgan fingerprint density at radius 2 is 2.04 bits per heavy atom. The number of aromatic nitrogens is 2. The maximum atomic E-state index is 12.6. The fraction of sp³-hybridized carbons (Fsp3) is 0.600. The molecule has 1 unspecified atom stereocenters. The van der Waals surface area contributed by atoms with Gasteiger partial charge in [-0.1, -0.05) is 12.8 Å². The van der Waals surface area contributed by atoms with Crippen LogP contribution in [0.25, 0.3) is 0 Å². The van der Waals surface area contributed by atoms with Crippen LogP contribution in [0, 0.1) is 6.92 Å². The number of nitrogens with zero attached hydrogens (tertiary/aromatic N) is 2. The van der Waals surface area contributed by atoms with Gasteiger partial charge in [-0.15, -0.1) is 0 Å². The molecule has 1 heterocycles. The summed E-state index contributed by atoms with van der Waals surface area (Å²) in [6.45, 7) is 0.715. The number of rotatable bonds is 5. The van der Waals surface area contributed by atoms with E-state index in [1.165, 1.54) is 18.0 Å². The Labute approximate surface area is 138 Å². The standard InChI is InChI=1S/C15H22N4O5/c1-9-6-18(15(24)17-14(9)23)7-12(20)19(8-13(21)22)11-5-3-2-4-10(11)16/h6,10-11H,2-5,7-8,16H2,1H3,(H,21,22)(H,17,23,24)/t10-,11?/m0/s1. The number of nitrogens with two attached hydrogens (primary N) is 1. The van der Waals surface area contributed by atoms with E-state index in [0.29, 0.717) is 12.0 Å². The molecule has 1 amide bonds. The molecule has 24 heavy (non-hydrogen) atoms. The number of amides is 1. The molecule has 9 nitrogen and oxygen atoms in total. The summed E-state index contributed by atoms with van der Waals surface area (Å²) in [6, 6.07) is -0.641. The average molecular weight is 338 g/mol. The first-order valence-corrected chi connectivity index (χ1v) is 7.87. The van der Waals surface area contributed by atoms with Gasteiger partial charge in [0.05, 0.1) is 0 Å². The summed E-state index contributed by atoms with van der Waals surface area (Å²) >= 11 is 0. The smallest absolute Gasteiger partial charge is 0.328 e. The molecule has 1 saturated carbocycles. The monoisotopic (exact) mass is 338 g/mol. The maximum Gasteiger partial charge on any atom is 0.328 e. The number of carbonyl (C=O) groups is 2. The number of H-pyrrole nitrogens is 1. The second kappa shape index (κ2) is 7.43. The van der Waals surface area contributed by atoms with E-state index in [9.17, 15) is 19.2 Å². The van der Waals surface area contributed by atoms with Crippen molar-refractivity contribution in [2.45, 2.75) is 51.2 Å². The second-order valence-electron chi connectivity index (χ2n) is 6.13. The summed E-state index contributed by atoms with van der Waals surface area (Å²) < 4.78 is 1.07. The molecule has 0 saturated heterocycles. The van der Waals surface area contributed by atoms with Crippen LogP contribution in [0.3, 0.4) is 0 Å². The first-order valence-electron chi connectivity index (χ1n) is 7.87. The lowest BCUT2D eigenvalue weighted by Gasteiger charge is -2.37. The molecule has 0 aromatic carbocycles. The molecule has 1 aliphatic rings. The average Bonchev–Trinajstić information content (AvgIpc) is 2.51. The van der Waals surface area contributed by atoms with Gasteiger partial charge in [0.25, 0.3) is 5.56 Å². The zero-order valence-corrected chi connectivity index (χ0v) is 13.5. The molecule has 1 fully saturated rings. The lowest BCUT2D eigenvalue weighted by Crippen LogP contribution is -2.54. The van der Waals surface area contributed by atoms with Gasteiger partial charge in [0.15, 0.2) is 0 Å². The number of carbonyl (C=O) groups excluding carboxylic acids is 1. The van der Waals surface area contributed by atoms with E-state index in [4.69, 9.17) is 10.8 Å². The van der Waals surface area contributed by atoms with Crippen LogP contribution in [0.5, 0.6) is 0 Å². The third-order valence-corrected chi connectivity index (χ3v) is 4.30. The highest BCUT2D eigenvalue weighted by Gasteiger charge is 2.32. The van der Waals surface area contributed by atoms with Crippen LogP contribution in [0.4, 0.5) is 0 Å². The molecule has 1 aromatic heterocycles. The topological polar surface area (TPSA) is 138 Å². The Hall–Kier alpha value is -2.42. The summed E-state index contributed by atoms with van der Waals surface area (Å²) in [5, 5.41) is 9.10. The number of nitrogens with one attached hydrogen (secondary N) is 1. The molecule has 2 rings (SSSR count). The number of hydrogen-bond acceptors (Lipinski definition) is 5. The van der Waals surface area contributed by atoms with Gasteiger partial charge in [-0.25, -0.2) is 4.79 Å². The molecule has 9 heteroatoms. The molecule has 4 N–H and O–H groups in total. The Bertz CT molecular complexity index is 738. The molecule has 132 valence electrons. The van der Waals surface area contributed by atoms with Crippen molar-refractivity contribution in [1.29, 1.82) is 0 Å². The molecular formula is C15H22N4O5. The molecule has 0 bridgehead atoms. The van der Waals surface area contributed by atoms with Crippen molar-refractivity contribution in [2.75, 3.05) is 6.54 Å². The second-order valence-corrected chi connectivity index (χ2v) is 6.13. The lowest BCUT2D eigenvalue weighted by atomic mass is 9.89. The van der Waals surface area contributed by atoms with Crippen molar-refractivity contribution in [3.05, 3.63) is 32.6 Å². The quantitative estimate of drug-likeness (QED) is 0.631. The first-order chi connectivity index (χ1) is 11.3. The van der Waals surface area contributed by atoms with Crippen LogP contribution < -0.4 is 17.0 Å². The number of aliphatic carboxylic acids is 1. The molecule has 1 aliphatic carbocycles. The fourth-order valence-corrected chi connectivity index (χ4v) is 3.04. The van der Waals surface area contributed by atoms with Crippen molar-refractivity contribution in [3.8, 4) is 0 Å². The highest BCUT2D eigenvalue weighted by atomic mass is 16.4. The van der Waals surface area contributed by atoms with Crippen molar-refractivity contribution in [3.63, 3.8) is 0 Å². The van der Waals surface area contributed by atoms with Gasteiger partial charge >= 0.3 is 11.7 Å². The minimum Gasteiger partial charge on any atom is -0.480 e. The van der Waals surface area contributed by atoms with Gasteiger partial charge in [-0.3, -0.25) is 23.9 Å². The predicted molar refractivity (Wildman–Crippen MR) is 85.6 cm³/mol. The number of carboxylic acids is 1. The van der Waals surface area contributed by atoms with E-state index in [1.54, 1.807) is 0 Å². The van der Waals surface area contributed by atoms with Crippen LogP contribution in [0.1, 0.15) is 31.2 Å². The zero-order chi connectivity index (χ0) is 17.9. The van der Waals surface area contributed by atoms with E-state index >= 15 is 0 Å². The van der Waals surface area contributed by atoms with E-state index in [2.05, 4.69) is 4.98 Å². The maximum absolute atomic E-state index is 12.6. The molecule has 0 spiro atoms. The Kier molecular flexibility index (Phi) is 5.55. The van der Waals surface area contributed by atoms with Crippen LogP contribution in [0.2, 0.25) is 0 Å². The van der Waals surface area contributed by atoms with Crippen LogP contribution in [-0.4, -0.2) is 50.1 Å². The number of carboxylic acid groups (broad SMARTS) is 1. The SMILES string of the molecule is Cc1cn(CC(=O)N(CC(=O)O)C2CCCC[C@@H]2N)c(=O)[nH]c1=O. The van der Waals surface area contributed by atoms with E-state index < -0.39 is 29.7 Å². The number of hydrogen-bond donors (Lipinski definition) is 3. The van der Waals surface area contributed by atoms with Crippen molar-refractivity contribution in [2.24, 2.45) is 5.73 Å². The summed E-state index contributed by atoms with van der Waals surface area (Å²) in [5.74, 6) is -1.64. The summed E-state index contributed by atoms with van der Waals surface area (Å²) in [5.41, 5.74) is 5.13. The molecule has 0 radical (unpaired) electrons.